The molecule has 1 unspecified atom stereocenters. The van der Waals surface area contributed by atoms with Crippen LogP contribution in [0.3, 0.4) is 0 Å². The van der Waals surface area contributed by atoms with Crippen LogP contribution in [0.1, 0.15) is 45.6 Å². The Morgan fingerprint density at radius 3 is 1.83 bits per heavy atom. The Balaban J connectivity index is 2.43. The van der Waals surface area contributed by atoms with E-state index in [1.165, 1.54) is 12.1 Å². The van der Waals surface area contributed by atoms with Crippen LogP contribution in [0, 0.1) is 29.2 Å². The van der Waals surface area contributed by atoms with Gasteiger partial charge in [0, 0.05) is 11.5 Å². The Morgan fingerprint density at radius 1 is 1.00 bits per heavy atom. The SMILES string of the molecule is CC(C)CC(c1ccc(Oc2c(F)c(F)c(S(=O)(=O)O)c(F)c2F)cc1)C(C)(C)N. The van der Waals surface area contributed by atoms with Gasteiger partial charge in [0.1, 0.15) is 5.75 Å². The topological polar surface area (TPSA) is 89.6 Å². The molecule has 2 aromatic rings. The van der Waals surface area contributed by atoms with Gasteiger partial charge in [0.05, 0.1) is 0 Å². The molecule has 166 valence electrons. The maximum Gasteiger partial charge on any atom is 0.300 e. The van der Waals surface area contributed by atoms with Crippen LogP contribution in [0.5, 0.6) is 11.5 Å². The first kappa shape index (κ1) is 24.1. The van der Waals surface area contributed by atoms with Gasteiger partial charge in [-0.3, -0.25) is 4.55 Å². The van der Waals surface area contributed by atoms with Gasteiger partial charge >= 0.3 is 10.1 Å². The fourth-order valence-electron chi connectivity index (χ4n) is 3.13. The molecule has 0 aromatic heterocycles. The molecule has 0 aliphatic carbocycles. The van der Waals surface area contributed by atoms with Crippen LogP contribution in [0.15, 0.2) is 29.2 Å². The Kier molecular flexibility index (Phi) is 6.85. The zero-order chi connectivity index (χ0) is 23.0. The van der Waals surface area contributed by atoms with Crippen molar-refractivity contribution < 1.29 is 35.3 Å². The Morgan fingerprint density at radius 2 is 1.47 bits per heavy atom. The summed E-state index contributed by atoms with van der Waals surface area (Å²) in [5.41, 5.74) is 6.54. The quantitative estimate of drug-likeness (QED) is 0.347. The first-order valence-corrected chi connectivity index (χ1v) is 10.5. The summed E-state index contributed by atoms with van der Waals surface area (Å²) in [5, 5.41) is 0. The molecule has 0 aliphatic rings. The molecule has 2 aromatic carbocycles. The average Bonchev–Trinajstić information content (AvgIpc) is 2.60. The minimum Gasteiger partial charge on any atom is -0.451 e. The van der Waals surface area contributed by atoms with Crippen LogP contribution >= 0.6 is 0 Å². The van der Waals surface area contributed by atoms with Crippen molar-refractivity contribution in [2.75, 3.05) is 0 Å². The van der Waals surface area contributed by atoms with Gasteiger partial charge in [-0.2, -0.15) is 17.2 Å². The molecule has 0 heterocycles. The van der Waals surface area contributed by atoms with Crippen molar-refractivity contribution in [3.8, 4) is 11.5 Å². The van der Waals surface area contributed by atoms with Crippen LogP contribution in [-0.2, 0) is 10.1 Å². The molecule has 5 nitrogen and oxygen atoms in total. The fourth-order valence-corrected chi connectivity index (χ4v) is 3.77. The highest BCUT2D eigenvalue weighted by Gasteiger charge is 2.33. The fraction of sp³-hybridized carbons (Fsp3) is 0.400. The van der Waals surface area contributed by atoms with E-state index in [0.29, 0.717) is 5.92 Å². The van der Waals surface area contributed by atoms with E-state index in [1.54, 1.807) is 12.1 Å². The van der Waals surface area contributed by atoms with Gasteiger partial charge in [-0.25, -0.2) is 8.78 Å². The third-order valence-corrected chi connectivity index (χ3v) is 5.42. The van der Waals surface area contributed by atoms with E-state index in [9.17, 15) is 26.0 Å². The summed E-state index contributed by atoms with van der Waals surface area (Å²) < 4.78 is 91.8. The molecular weight excluding hydrogens is 426 g/mol. The van der Waals surface area contributed by atoms with Gasteiger partial charge in [0.15, 0.2) is 16.5 Å². The summed E-state index contributed by atoms with van der Waals surface area (Å²) in [6.45, 7) is 7.83. The van der Waals surface area contributed by atoms with E-state index in [2.05, 4.69) is 0 Å². The van der Waals surface area contributed by atoms with Crippen molar-refractivity contribution in [2.45, 2.75) is 50.5 Å². The summed E-state index contributed by atoms with van der Waals surface area (Å²) in [5.74, 6) is -10.1. The molecule has 1 atom stereocenters. The summed E-state index contributed by atoms with van der Waals surface area (Å²) in [6.07, 6.45) is 0.778. The number of ether oxygens (including phenoxy) is 1. The van der Waals surface area contributed by atoms with Gasteiger partial charge in [-0.05, 0) is 43.9 Å². The standard InChI is InChI=1S/C20H23F4NO4S/c1-10(2)9-13(20(3,4)25)11-5-7-12(8-6-11)29-18-14(21)16(23)19(30(26,27)28)17(24)15(18)22/h5-8,10,13H,9,25H2,1-4H3,(H,26,27,28). The number of benzene rings is 2. The molecule has 0 spiro atoms. The first-order chi connectivity index (χ1) is 13.6. The molecule has 0 fully saturated rings. The molecule has 0 saturated heterocycles. The van der Waals surface area contributed by atoms with Gasteiger partial charge < -0.3 is 10.5 Å². The van der Waals surface area contributed by atoms with Gasteiger partial charge in [-0.15, -0.1) is 0 Å². The van der Waals surface area contributed by atoms with Crippen molar-refractivity contribution in [3.05, 3.63) is 53.1 Å². The molecule has 0 bridgehead atoms. The monoisotopic (exact) mass is 449 g/mol. The van der Waals surface area contributed by atoms with E-state index in [1.807, 2.05) is 27.7 Å². The van der Waals surface area contributed by atoms with Crippen molar-refractivity contribution in [1.82, 2.24) is 0 Å². The van der Waals surface area contributed by atoms with Crippen LogP contribution in [0.2, 0.25) is 0 Å². The molecule has 0 radical (unpaired) electrons. The highest BCUT2D eigenvalue weighted by Crippen LogP contribution is 2.37. The highest BCUT2D eigenvalue weighted by atomic mass is 32.2. The third-order valence-electron chi connectivity index (χ3n) is 4.55. The lowest BCUT2D eigenvalue weighted by molar-refractivity contribution is 0.344. The zero-order valence-electron chi connectivity index (χ0n) is 16.8. The smallest absolute Gasteiger partial charge is 0.300 e. The summed E-state index contributed by atoms with van der Waals surface area (Å²) in [7, 11) is -5.54. The third kappa shape index (κ3) is 5.11. The first-order valence-electron chi connectivity index (χ1n) is 9.04. The van der Waals surface area contributed by atoms with Gasteiger partial charge in [0.25, 0.3) is 0 Å². The second kappa shape index (κ2) is 8.52. The Hall–Kier alpha value is -2.17. The van der Waals surface area contributed by atoms with Crippen LogP contribution in [0.4, 0.5) is 17.6 Å². The lowest BCUT2D eigenvalue weighted by atomic mass is 9.77. The van der Waals surface area contributed by atoms with Crippen molar-refractivity contribution in [1.29, 1.82) is 0 Å². The second-order valence-electron chi connectivity index (χ2n) is 8.06. The predicted molar refractivity (Wildman–Crippen MR) is 103 cm³/mol. The molecule has 3 N–H and O–H groups in total. The zero-order valence-corrected chi connectivity index (χ0v) is 17.7. The molecule has 0 amide bonds. The minimum atomic E-state index is -5.54. The van der Waals surface area contributed by atoms with Crippen LogP contribution in [-0.4, -0.2) is 18.5 Å². The maximum absolute atomic E-state index is 14.1. The van der Waals surface area contributed by atoms with E-state index < -0.39 is 49.6 Å². The Labute approximate surface area is 172 Å². The average molecular weight is 449 g/mol. The number of nitrogens with two attached hydrogens (primary N) is 1. The molecule has 0 aliphatic heterocycles. The van der Waals surface area contributed by atoms with E-state index in [0.717, 1.165) is 12.0 Å². The van der Waals surface area contributed by atoms with Gasteiger partial charge in [0.2, 0.25) is 17.4 Å². The summed E-state index contributed by atoms with van der Waals surface area (Å²) in [6, 6.07) is 5.93. The molecular formula is C20H23F4NO4S. The van der Waals surface area contributed by atoms with E-state index in [-0.39, 0.29) is 11.7 Å². The van der Waals surface area contributed by atoms with E-state index in [4.69, 9.17) is 15.0 Å². The summed E-state index contributed by atoms with van der Waals surface area (Å²) >= 11 is 0. The number of hydrogen-bond donors (Lipinski definition) is 2. The highest BCUT2D eigenvalue weighted by molar-refractivity contribution is 7.85. The molecule has 0 saturated carbocycles. The number of rotatable bonds is 7. The van der Waals surface area contributed by atoms with E-state index >= 15 is 0 Å². The second-order valence-corrected chi connectivity index (χ2v) is 9.42. The lowest BCUT2D eigenvalue weighted by Crippen LogP contribution is -2.39. The van der Waals surface area contributed by atoms with Crippen molar-refractivity contribution >= 4 is 10.1 Å². The van der Waals surface area contributed by atoms with Crippen LogP contribution < -0.4 is 10.5 Å². The number of halogens is 4. The summed E-state index contributed by atoms with van der Waals surface area (Å²) in [4.78, 5) is -2.12. The normalized spacial score (nSPS) is 13.6. The van der Waals surface area contributed by atoms with Crippen LogP contribution in [0.25, 0.3) is 0 Å². The van der Waals surface area contributed by atoms with Crippen molar-refractivity contribution in [3.63, 3.8) is 0 Å². The predicted octanol–water partition coefficient (Wildman–Crippen LogP) is 5.15. The molecule has 10 heteroatoms. The molecule has 30 heavy (non-hydrogen) atoms. The van der Waals surface area contributed by atoms with Crippen molar-refractivity contribution in [2.24, 2.45) is 11.7 Å². The lowest BCUT2D eigenvalue weighted by Gasteiger charge is -2.32. The maximum atomic E-state index is 14.1. The van der Waals surface area contributed by atoms with Gasteiger partial charge in [-0.1, -0.05) is 26.0 Å². The minimum absolute atomic E-state index is 0.0380. The number of hydrogen-bond acceptors (Lipinski definition) is 4. The Bertz CT molecular complexity index is 1000. The largest absolute Gasteiger partial charge is 0.451 e. The molecule has 2 rings (SSSR count).